The van der Waals surface area contributed by atoms with E-state index < -0.39 is 0 Å². The number of carbonyl (C=O) groups excluding carboxylic acids is 1. The minimum atomic E-state index is -0.100. The third-order valence-electron chi connectivity index (χ3n) is 2.14. The third kappa shape index (κ3) is 1.99. The summed E-state index contributed by atoms with van der Waals surface area (Å²) in [6, 6.07) is 7.56. The van der Waals surface area contributed by atoms with Crippen LogP contribution < -0.4 is 5.43 Å². The molecule has 0 aliphatic heterocycles. The molecular weight excluding hydrogens is 190 g/mol. The van der Waals surface area contributed by atoms with Gasteiger partial charge in [-0.3, -0.25) is 10.2 Å². The van der Waals surface area contributed by atoms with Crippen molar-refractivity contribution in [3.63, 3.8) is 0 Å². The Balaban J connectivity index is 2.31. The lowest BCUT2D eigenvalue weighted by atomic mass is 10.1. The zero-order valence-corrected chi connectivity index (χ0v) is 8.74. The quantitative estimate of drug-likeness (QED) is 0.724. The number of hydrogen-bond acceptors (Lipinski definition) is 2. The van der Waals surface area contributed by atoms with Crippen LogP contribution in [0, 0.1) is 0 Å². The van der Waals surface area contributed by atoms with Gasteiger partial charge in [-0.05, 0) is 23.6 Å². The van der Waals surface area contributed by atoms with Gasteiger partial charge in [0.05, 0.1) is 0 Å². The fourth-order valence-corrected chi connectivity index (χ4v) is 1.46. The molecule has 1 amide bonds. The number of H-pyrrole nitrogens is 1. The van der Waals surface area contributed by atoms with Crippen LogP contribution in [0.4, 0.5) is 0 Å². The average Bonchev–Trinajstić information content (AvgIpc) is 2.62. The van der Waals surface area contributed by atoms with Gasteiger partial charge >= 0.3 is 0 Å². The molecule has 0 spiro atoms. The van der Waals surface area contributed by atoms with Crippen LogP contribution in [0.25, 0.3) is 10.9 Å². The highest BCUT2D eigenvalue weighted by molar-refractivity contribution is 5.97. The second kappa shape index (κ2) is 3.74. The lowest BCUT2D eigenvalue weighted by Crippen LogP contribution is -2.36. The van der Waals surface area contributed by atoms with E-state index in [0.717, 1.165) is 10.9 Å². The van der Waals surface area contributed by atoms with Crippen molar-refractivity contribution in [2.75, 3.05) is 14.1 Å². The van der Waals surface area contributed by atoms with Crippen LogP contribution in [-0.4, -0.2) is 30.0 Å². The van der Waals surface area contributed by atoms with Gasteiger partial charge in [0.1, 0.15) is 0 Å². The topological polar surface area (TPSA) is 48.1 Å². The third-order valence-corrected chi connectivity index (χ3v) is 2.14. The molecule has 0 bridgehead atoms. The number of amides is 1. The summed E-state index contributed by atoms with van der Waals surface area (Å²) in [4.78, 5) is 14.7. The van der Waals surface area contributed by atoms with E-state index in [1.165, 1.54) is 0 Å². The molecule has 0 saturated heterocycles. The number of aromatic nitrogens is 1. The number of rotatable bonds is 2. The van der Waals surface area contributed by atoms with Crippen molar-refractivity contribution in [3.05, 3.63) is 36.0 Å². The van der Waals surface area contributed by atoms with Crippen molar-refractivity contribution in [1.29, 1.82) is 0 Å². The lowest BCUT2D eigenvalue weighted by molar-refractivity contribution is 0.0857. The summed E-state index contributed by atoms with van der Waals surface area (Å²) in [7, 11) is 3.57. The number of aromatic amines is 1. The predicted molar refractivity (Wildman–Crippen MR) is 59.5 cm³/mol. The number of nitrogens with one attached hydrogen (secondary N) is 2. The van der Waals surface area contributed by atoms with Gasteiger partial charge in [-0.15, -0.1) is 0 Å². The standard InChI is InChI=1S/C11H13N3O/c1-14(2)13-11(15)9-4-3-8-5-6-12-10(8)7-9/h3-7,12H,1-2H3,(H,13,15). The minimum absolute atomic E-state index is 0.100. The first-order chi connectivity index (χ1) is 7.16. The van der Waals surface area contributed by atoms with Crippen molar-refractivity contribution in [2.24, 2.45) is 0 Å². The number of nitrogens with zero attached hydrogens (tertiary/aromatic N) is 1. The van der Waals surface area contributed by atoms with Gasteiger partial charge in [0.15, 0.2) is 0 Å². The van der Waals surface area contributed by atoms with E-state index >= 15 is 0 Å². The maximum absolute atomic E-state index is 11.7. The summed E-state index contributed by atoms with van der Waals surface area (Å²) >= 11 is 0. The summed E-state index contributed by atoms with van der Waals surface area (Å²) in [5.74, 6) is -0.100. The van der Waals surface area contributed by atoms with Gasteiger partial charge in [0.25, 0.3) is 5.91 Å². The van der Waals surface area contributed by atoms with E-state index in [0.29, 0.717) is 5.56 Å². The van der Waals surface area contributed by atoms with Crippen molar-refractivity contribution in [3.8, 4) is 0 Å². The zero-order chi connectivity index (χ0) is 10.8. The zero-order valence-electron chi connectivity index (χ0n) is 8.74. The molecule has 1 aromatic heterocycles. The fraction of sp³-hybridized carbons (Fsp3) is 0.182. The Labute approximate surface area is 87.9 Å². The highest BCUT2D eigenvalue weighted by Gasteiger charge is 2.06. The number of hydrazine groups is 1. The molecule has 0 unspecified atom stereocenters. The Morgan fingerprint density at radius 2 is 2.13 bits per heavy atom. The van der Waals surface area contributed by atoms with Crippen LogP contribution in [0.15, 0.2) is 30.5 Å². The van der Waals surface area contributed by atoms with Gasteiger partial charge in [-0.1, -0.05) is 6.07 Å². The van der Waals surface area contributed by atoms with E-state index in [1.807, 2.05) is 30.5 Å². The largest absolute Gasteiger partial charge is 0.361 e. The van der Waals surface area contributed by atoms with E-state index in [-0.39, 0.29) is 5.91 Å². The van der Waals surface area contributed by atoms with Gasteiger partial charge in [0.2, 0.25) is 0 Å². The van der Waals surface area contributed by atoms with Crippen molar-refractivity contribution >= 4 is 16.8 Å². The lowest BCUT2D eigenvalue weighted by Gasteiger charge is -2.11. The van der Waals surface area contributed by atoms with Gasteiger partial charge in [-0.2, -0.15) is 0 Å². The van der Waals surface area contributed by atoms with Crippen LogP contribution in [0.3, 0.4) is 0 Å². The number of fused-ring (bicyclic) bond motifs is 1. The highest BCUT2D eigenvalue weighted by atomic mass is 16.2. The predicted octanol–water partition coefficient (Wildman–Crippen LogP) is 1.37. The second-order valence-electron chi connectivity index (χ2n) is 3.62. The van der Waals surface area contributed by atoms with Crippen LogP contribution in [-0.2, 0) is 0 Å². The molecule has 0 radical (unpaired) electrons. The summed E-state index contributed by atoms with van der Waals surface area (Å²) < 4.78 is 0. The van der Waals surface area contributed by atoms with E-state index in [1.54, 1.807) is 19.1 Å². The molecule has 2 N–H and O–H groups in total. The van der Waals surface area contributed by atoms with Gasteiger partial charge in [-0.25, -0.2) is 5.01 Å². The molecule has 0 atom stereocenters. The van der Waals surface area contributed by atoms with Crippen molar-refractivity contribution in [2.45, 2.75) is 0 Å². The summed E-state index contributed by atoms with van der Waals surface area (Å²) in [6.45, 7) is 0. The first kappa shape index (κ1) is 9.73. The molecule has 4 heteroatoms. The number of carbonyl (C=O) groups is 1. The molecule has 0 aliphatic carbocycles. The van der Waals surface area contributed by atoms with Crippen LogP contribution in [0.2, 0.25) is 0 Å². The normalized spacial score (nSPS) is 10.9. The summed E-state index contributed by atoms with van der Waals surface area (Å²) in [6.07, 6.45) is 1.86. The smallest absolute Gasteiger partial charge is 0.265 e. The van der Waals surface area contributed by atoms with Crippen LogP contribution >= 0.6 is 0 Å². The molecule has 1 heterocycles. The molecule has 0 saturated carbocycles. The molecule has 15 heavy (non-hydrogen) atoms. The number of hydrogen-bond donors (Lipinski definition) is 2. The molecular formula is C11H13N3O. The van der Waals surface area contributed by atoms with Gasteiger partial charge < -0.3 is 4.98 Å². The molecule has 1 aromatic carbocycles. The second-order valence-corrected chi connectivity index (χ2v) is 3.62. The van der Waals surface area contributed by atoms with E-state index in [9.17, 15) is 4.79 Å². The summed E-state index contributed by atoms with van der Waals surface area (Å²) in [5.41, 5.74) is 4.32. The molecule has 0 aliphatic rings. The Morgan fingerprint density at radius 3 is 2.87 bits per heavy atom. The Hall–Kier alpha value is -1.81. The van der Waals surface area contributed by atoms with Crippen molar-refractivity contribution in [1.82, 2.24) is 15.4 Å². The molecule has 2 aromatic rings. The first-order valence-corrected chi connectivity index (χ1v) is 4.72. The fourth-order valence-electron chi connectivity index (χ4n) is 1.46. The maximum Gasteiger partial charge on any atom is 0.265 e. The van der Waals surface area contributed by atoms with E-state index in [4.69, 9.17) is 0 Å². The first-order valence-electron chi connectivity index (χ1n) is 4.72. The minimum Gasteiger partial charge on any atom is -0.361 e. The number of benzene rings is 1. The Morgan fingerprint density at radius 1 is 1.33 bits per heavy atom. The Bertz CT molecular complexity index is 487. The maximum atomic E-state index is 11.7. The van der Waals surface area contributed by atoms with Crippen LogP contribution in [0.1, 0.15) is 10.4 Å². The van der Waals surface area contributed by atoms with E-state index in [2.05, 4.69) is 10.4 Å². The molecule has 4 nitrogen and oxygen atoms in total. The molecule has 78 valence electrons. The monoisotopic (exact) mass is 203 g/mol. The average molecular weight is 203 g/mol. The van der Waals surface area contributed by atoms with Crippen LogP contribution in [0.5, 0.6) is 0 Å². The Kier molecular flexibility index (Phi) is 2.43. The summed E-state index contributed by atoms with van der Waals surface area (Å²) in [5, 5.41) is 2.73. The van der Waals surface area contributed by atoms with Crippen molar-refractivity contribution < 1.29 is 4.79 Å². The molecule has 0 fully saturated rings. The highest BCUT2D eigenvalue weighted by Crippen LogP contribution is 2.13. The van der Waals surface area contributed by atoms with Gasteiger partial charge in [0, 0.05) is 31.4 Å². The SMILES string of the molecule is CN(C)NC(=O)c1ccc2cc[nH]c2c1. The molecule has 2 rings (SSSR count).